The summed E-state index contributed by atoms with van der Waals surface area (Å²) in [6.45, 7) is 7.14. The lowest BCUT2D eigenvalue weighted by atomic mass is 9.70. The van der Waals surface area contributed by atoms with Crippen molar-refractivity contribution in [2.75, 3.05) is 0 Å². The molecular formula is C11H21. The molecular weight excluding hydrogens is 132 g/mol. The van der Waals surface area contributed by atoms with Crippen molar-refractivity contribution in [1.29, 1.82) is 0 Å². The molecule has 1 rings (SSSR count). The van der Waals surface area contributed by atoms with E-state index in [0.29, 0.717) is 5.41 Å². The highest BCUT2D eigenvalue weighted by molar-refractivity contribution is 4.85. The smallest absolute Gasteiger partial charge is 0.0328 e. The first-order valence-corrected chi connectivity index (χ1v) is 4.98. The fourth-order valence-electron chi connectivity index (χ4n) is 1.94. The zero-order valence-electron chi connectivity index (χ0n) is 8.19. The molecule has 0 bridgehead atoms. The molecule has 0 aromatic rings. The monoisotopic (exact) mass is 153 g/mol. The van der Waals surface area contributed by atoms with E-state index in [4.69, 9.17) is 0 Å². The molecule has 0 nitrogen and oxygen atoms in total. The van der Waals surface area contributed by atoms with Crippen molar-refractivity contribution >= 4 is 0 Å². The number of hydrogen-bond acceptors (Lipinski definition) is 0. The lowest BCUT2D eigenvalue weighted by Gasteiger charge is -2.36. The lowest BCUT2D eigenvalue weighted by molar-refractivity contribution is 0.171. The summed E-state index contributed by atoms with van der Waals surface area (Å²) in [4.78, 5) is 0. The first kappa shape index (κ1) is 9.09. The Morgan fingerprint density at radius 3 is 2.64 bits per heavy atom. The van der Waals surface area contributed by atoms with E-state index in [1.54, 1.807) is 0 Å². The zero-order valence-corrected chi connectivity index (χ0v) is 8.19. The third-order valence-electron chi connectivity index (χ3n) is 3.43. The van der Waals surface area contributed by atoms with Crippen LogP contribution in [0.2, 0.25) is 0 Å². The summed E-state index contributed by atoms with van der Waals surface area (Å²) >= 11 is 0. The van der Waals surface area contributed by atoms with E-state index in [-0.39, 0.29) is 0 Å². The van der Waals surface area contributed by atoms with E-state index in [1.165, 1.54) is 32.1 Å². The molecule has 0 heterocycles. The maximum atomic E-state index is 2.48. The summed E-state index contributed by atoms with van der Waals surface area (Å²) in [6, 6.07) is 0. The van der Waals surface area contributed by atoms with E-state index in [1.807, 2.05) is 0 Å². The van der Waals surface area contributed by atoms with Gasteiger partial charge in [0.2, 0.25) is 0 Å². The highest BCUT2D eigenvalue weighted by Gasteiger charge is 2.28. The Kier molecular flexibility index (Phi) is 2.98. The maximum Gasteiger partial charge on any atom is -0.0328 e. The van der Waals surface area contributed by atoms with Crippen molar-refractivity contribution in [2.24, 2.45) is 11.3 Å². The third kappa shape index (κ3) is 2.21. The molecule has 1 saturated carbocycles. The summed E-state index contributed by atoms with van der Waals surface area (Å²) < 4.78 is 0. The van der Waals surface area contributed by atoms with Crippen LogP contribution in [-0.2, 0) is 0 Å². The van der Waals surface area contributed by atoms with E-state index in [2.05, 4.69) is 27.2 Å². The van der Waals surface area contributed by atoms with Gasteiger partial charge in [-0.05, 0) is 30.6 Å². The van der Waals surface area contributed by atoms with Crippen molar-refractivity contribution in [3.05, 3.63) is 6.42 Å². The van der Waals surface area contributed by atoms with Gasteiger partial charge in [-0.2, -0.15) is 0 Å². The van der Waals surface area contributed by atoms with Gasteiger partial charge in [-0.1, -0.05) is 40.0 Å². The fraction of sp³-hybridized carbons (Fsp3) is 0.909. The molecule has 0 aromatic heterocycles. The summed E-state index contributed by atoms with van der Waals surface area (Å²) in [5, 5.41) is 0. The standard InChI is InChI=1S/C11H21/c1-4-11(2,3)10-8-6-5-7-9-10/h6,10H,4-5,7-9H2,1-3H3/t10-/m1/s1. The van der Waals surface area contributed by atoms with Crippen LogP contribution in [0.4, 0.5) is 0 Å². The van der Waals surface area contributed by atoms with E-state index >= 15 is 0 Å². The Balaban J connectivity index is 2.43. The molecule has 0 saturated heterocycles. The molecule has 1 aliphatic carbocycles. The predicted octanol–water partition coefficient (Wildman–Crippen LogP) is 3.82. The zero-order chi connectivity index (χ0) is 8.32. The predicted molar refractivity (Wildman–Crippen MR) is 50.3 cm³/mol. The van der Waals surface area contributed by atoms with Gasteiger partial charge in [0, 0.05) is 0 Å². The van der Waals surface area contributed by atoms with Gasteiger partial charge in [0.15, 0.2) is 0 Å². The van der Waals surface area contributed by atoms with Crippen LogP contribution in [0, 0.1) is 17.8 Å². The maximum absolute atomic E-state index is 2.48. The minimum atomic E-state index is 0.580. The Bertz CT molecular complexity index is 107. The quantitative estimate of drug-likeness (QED) is 0.566. The van der Waals surface area contributed by atoms with Crippen LogP contribution in [-0.4, -0.2) is 0 Å². The van der Waals surface area contributed by atoms with Gasteiger partial charge in [-0.3, -0.25) is 0 Å². The van der Waals surface area contributed by atoms with Crippen LogP contribution < -0.4 is 0 Å². The summed E-state index contributed by atoms with van der Waals surface area (Å²) in [6.07, 6.45) is 9.40. The molecule has 1 fully saturated rings. The molecule has 1 aliphatic rings. The van der Waals surface area contributed by atoms with Crippen molar-refractivity contribution < 1.29 is 0 Å². The molecule has 0 amide bonds. The normalized spacial score (nSPS) is 22.1. The van der Waals surface area contributed by atoms with Gasteiger partial charge in [0.05, 0.1) is 0 Å². The minimum Gasteiger partial charge on any atom is -0.0649 e. The van der Waals surface area contributed by atoms with E-state index < -0.39 is 0 Å². The van der Waals surface area contributed by atoms with Crippen LogP contribution in [0.3, 0.4) is 0 Å². The van der Waals surface area contributed by atoms with E-state index in [9.17, 15) is 0 Å². The molecule has 0 aliphatic heterocycles. The van der Waals surface area contributed by atoms with Crippen LogP contribution in [0.1, 0.15) is 52.9 Å². The van der Waals surface area contributed by atoms with Crippen LogP contribution in [0.25, 0.3) is 0 Å². The minimum absolute atomic E-state index is 0.580. The first-order chi connectivity index (χ1) is 5.17. The molecule has 0 spiro atoms. The molecule has 0 aromatic carbocycles. The van der Waals surface area contributed by atoms with Crippen molar-refractivity contribution in [1.82, 2.24) is 0 Å². The van der Waals surface area contributed by atoms with Crippen molar-refractivity contribution in [3.8, 4) is 0 Å². The molecule has 0 N–H and O–H groups in total. The molecule has 0 heteroatoms. The third-order valence-corrected chi connectivity index (χ3v) is 3.43. The second-order valence-electron chi connectivity index (χ2n) is 4.49. The highest BCUT2D eigenvalue weighted by Crippen LogP contribution is 2.39. The summed E-state index contributed by atoms with van der Waals surface area (Å²) in [5.74, 6) is 0.959. The highest BCUT2D eigenvalue weighted by atomic mass is 14.3. The van der Waals surface area contributed by atoms with Gasteiger partial charge in [-0.25, -0.2) is 0 Å². The molecule has 1 radical (unpaired) electrons. The molecule has 11 heavy (non-hydrogen) atoms. The molecule has 65 valence electrons. The van der Waals surface area contributed by atoms with Gasteiger partial charge in [-0.15, -0.1) is 0 Å². The second-order valence-corrected chi connectivity index (χ2v) is 4.49. The average molecular weight is 153 g/mol. The van der Waals surface area contributed by atoms with Crippen molar-refractivity contribution in [3.63, 3.8) is 0 Å². The largest absolute Gasteiger partial charge is 0.0649 e. The summed E-state index contributed by atoms with van der Waals surface area (Å²) in [7, 11) is 0. The second kappa shape index (κ2) is 3.60. The van der Waals surface area contributed by atoms with Crippen LogP contribution in [0.15, 0.2) is 0 Å². The fourth-order valence-corrected chi connectivity index (χ4v) is 1.94. The van der Waals surface area contributed by atoms with Gasteiger partial charge in [0.25, 0.3) is 0 Å². The Morgan fingerprint density at radius 2 is 2.18 bits per heavy atom. The SMILES string of the molecule is CCC(C)(C)[C@@H]1C[CH]CCC1. The van der Waals surface area contributed by atoms with Crippen LogP contribution in [0.5, 0.6) is 0 Å². The Morgan fingerprint density at radius 1 is 1.45 bits per heavy atom. The first-order valence-electron chi connectivity index (χ1n) is 4.98. The van der Waals surface area contributed by atoms with E-state index in [0.717, 1.165) is 5.92 Å². The van der Waals surface area contributed by atoms with Crippen molar-refractivity contribution in [2.45, 2.75) is 52.9 Å². The Hall–Kier alpha value is 0. The molecule has 0 unspecified atom stereocenters. The number of hydrogen-bond donors (Lipinski definition) is 0. The lowest BCUT2D eigenvalue weighted by Crippen LogP contribution is -2.25. The topological polar surface area (TPSA) is 0 Å². The average Bonchev–Trinajstić information content (AvgIpc) is 2.06. The van der Waals surface area contributed by atoms with Crippen LogP contribution >= 0.6 is 0 Å². The summed E-state index contributed by atoms with van der Waals surface area (Å²) in [5.41, 5.74) is 0.580. The van der Waals surface area contributed by atoms with Gasteiger partial charge in [0.1, 0.15) is 0 Å². The van der Waals surface area contributed by atoms with Gasteiger partial charge < -0.3 is 0 Å². The number of rotatable bonds is 2. The Labute approximate surface area is 71.4 Å². The van der Waals surface area contributed by atoms with Gasteiger partial charge >= 0.3 is 0 Å². The molecule has 1 atom stereocenters.